The molecule has 0 fully saturated rings. The van der Waals surface area contributed by atoms with Crippen LogP contribution in [0.1, 0.15) is 36.8 Å². The first kappa shape index (κ1) is 23.1. The van der Waals surface area contributed by atoms with Gasteiger partial charge in [-0.05, 0) is 49.7 Å². The SMILES string of the molecule is O=C([O-])CCCc1ccccc1.O=C([O-])CCCc1ccccc1.[Ag+2]. The molecule has 0 bridgehead atoms. The zero-order valence-corrected chi connectivity index (χ0v) is 15.4. The average Bonchev–Trinajstić information content (AvgIpc) is 2.57. The average molecular weight is 434 g/mol. The molecule has 0 aliphatic heterocycles. The fraction of sp³-hybridized carbons (Fsp3) is 0.300. The molecule has 1 radical (unpaired) electrons. The van der Waals surface area contributed by atoms with Crippen LogP contribution in [0.3, 0.4) is 0 Å². The second-order valence-electron chi connectivity index (χ2n) is 5.42. The summed E-state index contributed by atoms with van der Waals surface area (Å²) in [6, 6.07) is 19.7. The summed E-state index contributed by atoms with van der Waals surface area (Å²) < 4.78 is 0. The van der Waals surface area contributed by atoms with Crippen LogP contribution in [-0.2, 0) is 44.8 Å². The van der Waals surface area contributed by atoms with Gasteiger partial charge >= 0.3 is 22.4 Å². The quantitative estimate of drug-likeness (QED) is 0.591. The molecule has 0 saturated heterocycles. The number of benzene rings is 2. The van der Waals surface area contributed by atoms with Gasteiger partial charge in [-0.3, -0.25) is 0 Å². The molecule has 2 aromatic rings. The Morgan fingerprint density at radius 1 is 0.640 bits per heavy atom. The van der Waals surface area contributed by atoms with Gasteiger partial charge in [0.05, 0.1) is 0 Å². The van der Waals surface area contributed by atoms with Crippen LogP contribution in [0.4, 0.5) is 0 Å². The van der Waals surface area contributed by atoms with Crippen molar-refractivity contribution >= 4 is 11.9 Å². The second kappa shape index (κ2) is 14.5. The van der Waals surface area contributed by atoms with Crippen LogP contribution in [0.15, 0.2) is 60.7 Å². The number of carboxylic acid groups (broad SMARTS) is 2. The van der Waals surface area contributed by atoms with Gasteiger partial charge in [0.2, 0.25) is 0 Å². The van der Waals surface area contributed by atoms with E-state index in [9.17, 15) is 19.8 Å². The van der Waals surface area contributed by atoms with E-state index in [2.05, 4.69) is 0 Å². The van der Waals surface area contributed by atoms with Gasteiger partial charge in [0, 0.05) is 11.9 Å². The topological polar surface area (TPSA) is 80.3 Å². The Balaban J connectivity index is 0.000000443. The molecule has 0 aromatic heterocycles. The van der Waals surface area contributed by atoms with E-state index >= 15 is 0 Å². The summed E-state index contributed by atoms with van der Waals surface area (Å²) in [6.07, 6.45) is 3.24. The fourth-order valence-electron chi connectivity index (χ4n) is 2.16. The number of hydrogen-bond acceptors (Lipinski definition) is 4. The second-order valence-corrected chi connectivity index (χ2v) is 5.42. The molecular formula is C20H22AgO4. The van der Waals surface area contributed by atoms with Crippen molar-refractivity contribution in [2.45, 2.75) is 38.5 Å². The van der Waals surface area contributed by atoms with Crippen LogP contribution in [0.5, 0.6) is 0 Å². The number of rotatable bonds is 8. The van der Waals surface area contributed by atoms with Gasteiger partial charge in [0.1, 0.15) is 0 Å². The van der Waals surface area contributed by atoms with E-state index in [0.717, 1.165) is 12.8 Å². The normalized spacial score (nSPS) is 9.28. The zero-order chi connectivity index (χ0) is 17.6. The Labute approximate surface area is 164 Å². The van der Waals surface area contributed by atoms with Crippen molar-refractivity contribution in [3.05, 3.63) is 71.8 Å². The van der Waals surface area contributed by atoms with Gasteiger partial charge in [-0.1, -0.05) is 60.7 Å². The van der Waals surface area contributed by atoms with E-state index in [1.54, 1.807) is 0 Å². The zero-order valence-electron chi connectivity index (χ0n) is 14.0. The number of aliphatic carboxylic acids is 2. The van der Waals surface area contributed by atoms with Crippen LogP contribution < -0.4 is 10.2 Å². The van der Waals surface area contributed by atoms with Gasteiger partial charge in [0.25, 0.3) is 0 Å². The van der Waals surface area contributed by atoms with Crippen LogP contribution in [0.25, 0.3) is 0 Å². The Bertz CT molecular complexity index is 544. The molecule has 0 aliphatic carbocycles. The fourth-order valence-corrected chi connectivity index (χ4v) is 2.16. The van der Waals surface area contributed by atoms with Crippen molar-refractivity contribution in [1.29, 1.82) is 0 Å². The van der Waals surface area contributed by atoms with Gasteiger partial charge in [-0.15, -0.1) is 0 Å². The van der Waals surface area contributed by atoms with Crippen molar-refractivity contribution in [2.75, 3.05) is 0 Å². The number of hydrogen-bond donors (Lipinski definition) is 0. The van der Waals surface area contributed by atoms with Gasteiger partial charge in [-0.2, -0.15) is 0 Å². The molecule has 2 rings (SSSR count). The van der Waals surface area contributed by atoms with E-state index in [4.69, 9.17) is 0 Å². The minimum Gasteiger partial charge on any atom is -0.550 e. The Morgan fingerprint density at radius 2 is 0.960 bits per heavy atom. The summed E-state index contributed by atoms with van der Waals surface area (Å²) in [5, 5.41) is 20.2. The van der Waals surface area contributed by atoms with E-state index in [1.165, 1.54) is 11.1 Å². The minimum absolute atomic E-state index is 0. The molecule has 2 aromatic carbocycles. The maximum Gasteiger partial charge on any atom is 2.00 e. The largest absolute Gasteiger partial charge is 2.00 e. The van der Waals surface area contributed by atoms with Crippen molar-refractivity contribution in [2.24, 2.45) is 0 Å². The Kier molecular flexibility index (Phi) is 13.4. The Hall–Kier alpha value is -1.88. The molecule has 0 unspecified atom stereocenters. The summed E-state index contributed by atoms with van der Waals surface area (Å²) >= 11 is 0. The van der Waals surface area contributed by atoms with Crippen LogP contribution in [-0.4, -0.2) is 11.9 Å². The first-order valence-electron chi connectivity index (χ1n) is 8.05. The third-order valence-electron chi connectivity index (χ3n) is 3.38. The summed E-state index contributed by atoms with van der Waals surface area (Å²) in [7, 11) is 0. The van der Waals surface area contributed by atoms with Crippen LogP contribution in [0, 0.1) is 0 Å². The minimum atomic E-state index is -0.967. The molecule has 0 heterocycles. The molecule has 25 heavy (non-hydrogen) atoms. The standard InChI is InChI=1S/2C10H12O2.Ag/c2*11-10(12)8-4-7-9-5-2-1-3-6-9;/h2*1-3,5-6H,4,7-8H2,(H,11,12);/q;;+2/p-2. The molecular weight excluding hydrogens is 412 g/mol. The summed E-state index contributed by atoms with van der Waals surface area (Å²) in [4.78, 5) is 20.2. The molecule has 0 spiro atoms. The van der Waals surface area contributed by atoms with Crippen molar-refractivity contribution in [1.82, 2.24) is 0 Å². The van der Waals surface area contributed by atoms with Gasteiger partial charge in [0.15, 0.2) is 0 Å². The van der Waals surface area contributed by atoms with E-state index in [1.807, 2.05) is 60.7 Å². The summed E-state index contributed by atoms with van der Waals surface area (Å²) in [5.41, 5.74) is 2.36. The van der Waals surface area contributed by atoms with Crippen molar-refractivity contribution in [3.8, 4) is 0 Å². The smallest absolute Gasteiger partial charge is 0.550 e. The summed E-state index contributed by atoms with van der Waals surface area (Å²) in [5.74, 6) is -1.93. The molecule has 4 nitrogen and oxygen atoms in total. The van der Waals surface area contributed by atoms with Crippen LogP contribution >= 0.6 is 0 Å². The number of carbonyl (C=O) groups is 2. The molecule has 5 heteroatoms. The molecule has 0 aliphatic rings. The monoisotopic (exact) mass is 433 g/mol. The third kappa shape index (κ3) is 13.1. The molecule has 0 N–H and O–H groups in total. The van der Waals surface area contributed by atoms with E-state index in [-0.39, 0.29) is 35.2 Å². The van der Waals surface area contributed by atoms with Crippen molar-refractivity contribution < 1.29 is 42.2 Å². The first-order valence-corrected chi connectivity index (χ1v) is 8.05. The van der Waals surface area contributed by atoms with E-state index in [0.29, 0.717) is 12.8 Å². The van der Waals surface area contributed by atoms with Crippen molar-refractivity contribution in [3.63, 3.8) is 0 Å². The van der Waals surface area contributed by atoms with E-state index < -0.39 is 11.9 Å². The maximum atomic E-state index is 10.1. The molecule has 137 valence electrons. The van der Waals surface area contributed by atoms with Crippen LogP contribution in [0.2, 0.25) is 0 Å². The number of aryl methyl sites for hydroxylation is 2. The maximum absolute atomic E-state index is 10.1. The first-order chi connectivity index (χ1) is 11.6. The summed E-state index contributed by atoms with van der Waals surface area (Å²) in [6.45, 7) is 0. The molecule has 0 atom stereocenters. The molecule has 0 saturated carbocycles. The van der Waals surface area contributed by atoms with Gasteiger partial charge < -0.3 is 19.8 Å². The Morgan fingerprint density at radius 3 is 1.24 bits per heavy atom. The molecule has 0 amide bonds. The number of carboxylic acids is 2. The van der Waals surface area contributed by atoms with Gasteiger partial charge in [-0.25, -0.2) is 0 Å². The number of carbonyl (C=O) groups excluding carboxylic acids is 2. The third-order valence-corrected chi connectivity index (χ3v) is 3.38. The predicted molar refractivity (Wildman–Crippen MR) is 88.8 cm³/mol. The predicted octanol–water partition coefficient (Wildman–Crippen LogP) is 1.52.